The maximum atomic E-state index is 12.7. The number of nitrogens with one attached hydrogen (secondary N) is 1. The van der Waals surface area contributed by atoms with E-state index in [1.165, 1.54) is 4.90 Å². The fraction of sp³-hybridized carbons (Fsp3) is 0.444. The maximum Gasteiger partial charge on any atom is 0.324 e. The van der Waals surface area contributed by atoms with Crippen LogP contribution in [0.4, 0.5) is 4.79 Å². The number of rotatable bonds is 5. The number of hydrogen-bond acceptors (Lipinski definition) is 5. The molecule has 2 aliphatic heterocycles. The Kier molecular flexibility index (Phi) is 4.58. The molecule has 0 radical (unpaired) electrons. The largest absolute Gasteiger partial charge is 0.333 e. The number of para-hydroxylation sites is 1. The van der Waals surface area contributed by atoms with E-state index in [4.69, 9.17) is 4.98 Å². The van der Waals surface area contributed by atoms with Gasteiger partial charge in [0.15, 0.2) is 0 Å². The highest BCUT2D eigenvalue weighted by atomic mass is 32.1. The average Bonchev–Trinajstić information content (AvgIpc) is 3.34. The Balaban J connectivity index is 1.39. The van der Waals surface area contributed by atoms with Crippen molar-refractivity contribution in [1.82, 2.24) is 20.1 Å². The minimum absolute atomic E-state index is 0.0385. The molecular weight excluding hydrogens is 352 g/mol. The highest BCUT2D eigenvalue weighted by Gasteiger charge is 2.32. The third kappa shape index (κ3) is 3.16. The van der Waals surface area contributed by atoms with Gasteiger partial charge in [0.25, 0.3) is 0 Å². The lowest BCUT2D eigenvalue weighted by atomic mass is 10.2. The molecule has 0 aliphatic carbocycles. The van der Waals surface area contributed by atoms with Gasteiger partial charge in [0, 0.05) is 19.5 Å². The number of amides is 4. The molecule has 7 nitrogen and oxygen atoms in total. The number of carbonyl (C=O) groups excluding carboxylic acids is 3. The lowest BCUT2D eigenvalue weighted by Gasteiger charge is -2.23. The molecule has 1 N–H and O–H groups in total. The van der Waals surface area contributed by atoms with Crippen molar-refractivity contribution in [2.45, 2.75) is 31.7 Å². The fourth-order valence-electron chi connectivity index (χ4n) is 3.57. The van der Waals surface area contributed by atoms with Gasteiger partial charge >= 0.3 is 6.03 Å². The standard InChI is InChI=1S/C18H20N4O3S/c23-15(8-4-10-22-16(24)11-19-18(22)25)21-9-3-6-13(21)17-20-12-5-1-2-7-14(12)26-17/h1-2,5,7,13H,3-4,6,8-11H2,(H,19,25)/t13-/m1/s1. The molecular formula is C18H20N4O3S. The van der Waals surface area contributed by atoms with Crippen molar-refractivity contribution in [3.05, 3.63) is 29.3 Å². The number of thiazole rings is 1. The summed E-state index contributed by atoms with van der Waals surface area (Å²) < 4.78 is 1.14. The van der Waals surface area contributed by atoms with E-state index >= 15 is 0 Å². The topological polar surface area (TPSA) is 82.6 Å². The average molecular weight is 372 g/mol. The van der Waals surface area contributed by atoms with Crippen molar-refractivity contribution in [3.63, 3.8) is 0 Å². The van der Waals surface area contributed by atoms with Crippen molar-refractivity contribution in [2.24, 2.45) is 0 Å². The van der Waals surface area contributed by atoms with Crippen LogP contribution in [0.5, 0.6) is 0 Å². The first-order valence-corrected chi connectivity index (χ1v) is 9.68. The van der Waals surface area contributed by atoms with Crippen LogP contribution in [0.15, 0.2) is 24.3 Å². The maximum absolute atomic E-state index is 12.7. The highest BCUT2D eigenvalue weighted by molar-refractivity contribution is 7.18. The summed E-state index contributed by atoms with van der Waals surface area (Å²) in [7, 11) is 0. The molecule has 0 unspecified atom stereocenters. The molecule has 0 saturated carbocycles. The number of hydrogen-bond donors (Lipinski definition) is 1. The molecule has 4 amide bonds. The van der Waals surface area contributed by atoms with Crippen molar-refractivity contribution in [1.29, 1.82) is 0 Å². The van der Waals surface area contributed by atoms with Crippen LogP contribution in [0.2, 0.25) is 0 Å². The van der Waals surface area contributed by atoms with E-state index in [1.54, 1.807) is 11.3 Å². The summed E-state index contributed by atoms with van der Waals surface area (Å²) in [6.07, 6.45) is 2.72. The van der Waals surface area contributed by atoms with Crippen LogP contribution in [0.3, 0.4) is 0 Å². The third-order valence-electron chi connectivity index (χ3n) is 4.88. The molecule has 1 atom stereocenters. The Hall–Kier alpha value is -2.48. The number of carbonyl (C=O) groups is 3. The molecule has 3 heterocycles. The van der Waals surface area contributed by atoms with Crippen molar-refractivity contribution in [2.75, 3.05) is 19.6 Å². The summed E-state index contributed by atoms with van der Waals surface area (Å²) in [6, 6.07) is 7.69. The van der Waals surface area contributed by atoms with Crippen LogP contribution in [-0.4, -0.2) is 52.3 Å². The molecule has 2 aromatic rings. The van der Waals surface area contributed by atoms with Crippen LogP contribution in [-0.2, 0) is 9.59 Å². The van der Waals surface area contributed by atoms with E-state index in [2.05, 4.69) is 11.4 Å². The van der Waals surface area contributed by atoms with Gasteiger partial charge in [-0.2, -0.15) is 0 Å². The second-order valence-corrected chi connectivity index (χ2v) is 7.63. The number of likely N-dealkylation sites (tertiary alicyclic amines) is 1. The Labute approximate surface area is 155 Å². The summed E-state index contributed by atoms with van der Waals surface area (Å²) in [4.78, 5) is 43.6. The van der Waals surface area contributed by atoms with Crippen LogP contribution < -0.4 is 5.32 Å². The zero-order valence-corrected chi connectivity index (χ0v) is 15.1. The number of benzene rings is 1. The van der Waals surface area contributed by atoms with Gasteiger partial charge in [0.1, 0.15) is 5.01 Å². The normalized spacial score (nSPS) is 20.2. The molecule has 2 aliphatic rings. The van der Waals surface area contributed by atoms with E-state index < -0.39 is 0 Å². The van der Waals surface area contributed by atoms with E-state index in [0.29, 0.717) is 12.8 Å². The Morgan fingerprint density at radius 1 is 1.31 bits per heavy atom. The molecule has 1 aromatic carbocycles. The quantitative estimate of drug-likeness (QED) is 0.817. The van der Waals surface area contributed by atoms with Crippen LogP contribution in [0, 0.1) is 0 Å². The van der Waals surface area contributed by atoms with E-state index in [1.807, 2.05) is 23.1 Å². The van der Waals surface area contributed by atoms with E-state index in [0.717, 1.165) is 34.6 Å². The Bertz CT molecular complexity index is 816. The summed E-state index contributed by atoms with van der Waals surface area (Å²) >= 11 is 1.65. The van der Waals surface area contributed by atoms with Gasteiger partial charge in [-0.15, -0.1) is 11.3 Å². The third-order valence-corrected chi connectivity index (χ3v) is 6.02. The molecule has 1 aromatic heterocycles. The molecule has 4 rings (SSSR count). The molecule has 2 fully saturated rings. The lowest BCUT2D eigenvalue weighted by molar-refractivity contribution is -0.133. The van der Waals surface area contributed by atoms with Crippen molar-refractivity contribution < 1.29 is 14.4 Å². The van der Waals surface area contributed by atoms with Crippen molar-refractivity contribution >= 4 is 39.4 Å². The molecule has 136 valence electrons. The SMILES string of the molecule is O=C1CNC(=O)N1CCCC(=O)N1CCC[C@@H]1c1nc2ccccc2s1. The molecule has 26 heavy (non-hydrogen) atoms. The minimum Gasteiger partial charge on any atom is -0.333 e. The van der Waals surface area contributed by atoms with Gasteiger partial charge in [-0.25, -0.2) is 9.78 Å². The monoisotopic (exact) mass is 372 g/mol. The molecule has 8 heteroatoms. The van der Waals surface area contributed by atoms with Crippen LogP contribution >= 0.6 is 11.3 Å². The van der Waals surface area contributed by atoms with Gasteiger partial charge < -0.3 is 10.2 Å². The summed E-state index contributed by atoms with van der Waals surface area (Å²) in [6.45, 7) is 1.08. The lowest BCUT2D eigenvalue weighted by Crippen LogP contribution is -2.34. The number of imide groups is 1. The van der Waals surface area contributed by atoms with Gasteiger partial charge in [-0.1, -0.05) is 12.1 Å². The van der Waals surface area contributed by atoms with E-state index in [-0.39, 0.29) is 37.0 Å². The fourth-order valence-corrected chi connectivity index (χ4v) is 4.68. The van der Waals surface area contributed by atoms with Gasteiger partial charge in [0.05, 0.1) is 22.8 Å². The smallest absolute Gasteiger partial charge is 0.324 e. The van der Waals surface area contributed by atoms with Crippen LogP contribution in [0.1, 0.15) is 36.7 Å². The number of aromatic nitrogens is 1. The predicted molar refractivity (Wildman–Crippen MR) is 97.7 cm³/mol. The zero-order valence-electron chi connectivity index (χ0n) is 14.3. The first kappa shape index (κ1) is 17.0. The zero-order chi connectivity index (χ0) is 18.1. The van der Waals surface area contributed by atoms with Crippen LogP contribution in [0.25, 0.3) is 10.2 Å². The molecule has 0 spiro atoms. The van der Waals surface area contributed by atoms with Gasteiger partial charge in [0.2, 0.25) is 11.8 Å². The second-order valence-electron chi connectivity index (χ2n) is 6.57. The number of fused-ring (bicyclic) bond motifs is 1. The first-order chi connectivity index (χ1) is 12.6. The Morgan fingerprint density at radius 2 is 2.15 bits per heavy atom. The highest BCUT2D eigenvalue weighted by Crippen LogP contribution is 2.36. The summed E-state index contributed by atoms with van der Waals surface area (Å²) in [5.41, 5.74) is 0.977. The summed E-state index contributed by atoms with van der Waals surface area (Å²) in [5.74, 6) is -0.158. The van der Waals surface area contributed by atoms with Gasteiger partial charge in [-0.3, -0.25) is 14.5 Å². The van der Waals surface area contributed by atoms with Crippen molar-refractivity contribution in [3.8, 4) is 0 Å². The van der Waals surface area contributed by atoms with E-state index in [9.17, 15) is 14.4 Å². The Morgan fingerprint density at radius 3 is 2.92 bits per heavy atom. The number of urea groups is 1. The molecule has 2 saturated heterocycles. The summed E-state index contributed by atoms with van der Waals surface area (Å²) in [5, 5.41) is 3.48. The number of nitrogens with zero attached hydrogens (tertiary/aromatic N) is 3. The predicted octanol–water partition coefficient (Wildman–Crippen LogP) is 2.29. The minimum atomic E-state index is -0.365. The first-order valence-electron chi connectivity index (χ1n) is 8.86. The second kappa shape index (κ2) is 7.03. The van der Waals surface area contributed by atoms with Gasteiger partial charge in [-0.05, 0) is 31.4 Å². The molecule has 0 bridgehead atoms.